The number of hydrogen-bond donors (Lipinski definition) is 3. The van der Waals surface area contributed by atoms with Crippen LogP contribution in [0.5, 0.6) is 11.5 Å². The van der Waals surface area contributed by atoms with Crippen molar-refractivity contribution in [3.63, 3.8) is 0 Å². The van der Waals surface area contributed by atoms with Gasteiger partial charge in [0, 0.05) is 56.3 Å². The number of benzene rings is 1. The molecule has 11 heteroatoms. The lowest BCUT2D eigenvalue weighted by molar-refractivity contribution is 0.0613. The zero-order valence-electron chi connectivity index (χ0n) is 18.7. The fourth-order valence-corrected chi connectivity index (χ4v) is 3.74. The predicted octanol–water partition coefficient (Wildman–Crippen LogP) is 3.50. The molecule has 0 radical (unpaired) electrons. The summed E-state index contributed by atoms with van der Waals surface area (Å²) in [5.41, 5.74) is 5.97. The Balaban J connectivity index is 1.41. The molecular formula is C23H26N6O5. The van der Waals surface area contributed by atoms with E-state index in [-0.39, 0.29) is 12.1 Å². The number of carbonyl (C=O) groups is 3. The number of fused-ring (bicyclic) bond motifs is 1. The van der Waals surface area contributed by atoms with Crippen LogP contribution in [0.2, 0.25) is 0 Å². The Morgan fingerprint density at radius 2 is 1.88 bits per heavy atom. The van der Waals surface area contributed by atoms with E-state index in [0.29, 0.717) is 55.3 Å². The summed E-state index contributed by atoms with van der Waals surface area (Å²) in [4.78, 5) is 41.3. The highest BCUT2D eigenvalue weighted by molar-refractivity contribution is 5.90. The number of likely N-dealkylation sites (tertiary alicyclic amines) is 1. The zero-order valence-corrected chi connectivity index (χ0v) is 18.7. The van der Waals surface area contributed by atoms with Crippen LogP contribution in [-0.2, 0) is 4.74 Å². The largest absolute Gasteiger partial charge is 0.457 e. The normalized spacial score (nSPS) is 14.0. The van der Waals surface area contributed by atoms with Crippen LogP contribution in [0, 0.1) is 0 Å². The Labute approximate surface area is 195 Å². The van der Waals surface area contributed by atoms with Crippen LogP contribution < -0.4 is 21.1 Å². The topological polar surface area (TPSA) is 141 Å². The second kappa shape index (κ2) is 10.1. The van der Waals surface area contributed by atoms with Crippen molar-refractivity contribution >= 4 is 34.9 Å². The standard InChI is InChI=1S/C23H26N6O5/c1-2-25-22(31)27-20-14-18(5-9-26-20)33-17-3-4-19-15(13-17)6-12-29(19)23(32)34-16-7-10-28(11-8-16)21(24)30/h3-6,9,12-14,16H,2,7-8,10-11H2,1H3,(H2,24,30)(H2,25,26,27,31). The third-order valence-electron chi connectivity index (χ3n) is 5.43. The second-order valence-corrected chi connectivity index (χ2v) is 7.78. The number of hydrogen-bond acceptors (Lipinski definition) is 6. The highest BCUT2D eigenvalue weighted by atomic mass is 16.6. The van der Waals surface area contributed by atoms with Crippen molar-refractivity contribution in [3.8, 4) is 11.5 Å². The average Bonchev–Trinajstić information content (AvgIpc) is 3.23. The van der Waals surface area contributed by atoms with E-state index >= 15 is 0 Å². The van der Waals surface area contributed by atoms with Crippen LogP contribution in [0.25, 0.3) is 10.9 Å². The van der Waals surface area contributed by atoms with Gasteiger partial charge in [-0.2, -0.15) is 0 Å². The molecule has 1 aromatic carbocycles. The highest BCUT2D eigenvalue weighted by Gasteiger charge is 2.25. The average molecular weight is 466 g/mol. The number of ether oxygens (including phenoxy) is 2. The van der Waals surface area contributed by atoms with Crippen molar-refractivity contribution in [1.29, 1.82) is 0 Å². The van der Waals surface area contributed by atoms with E-state index in [2.05, 4.69) is 15.6 Å². The fourth-order valence-electron chi connectivity index (χ4n) is 3.74. The Morgan fingerprint density at radius 3 is 2.62 bits per heavy atom. The molecule has 4 amide bonds. The molecule has 0 saturated carbocycles. The second-order valence-electron chi connectivity index (χ2n) is 7.78. The molecule has 11 nitrogen and oxygen atoms in total. The van der Waals surface area contributed by atoms with Gasteiger partial charge in [0.05, 0.1) is 5.52 Å². The number of carbonyl (C=O) groups excluding carboxylic acids is 3. The van der Waals surface area contributed by atoms with E-state index < -0.39 is 12.1 Å². The maximum absolute atomic E-state index is 12.7. The third kappa shape index (κ3) is 5.37. The number of nitrogens with zero attached hydrogens (tertiary/aromatic N) is 3. The summed E-state index contributed by atoms with van der Waals surface area (Å²) in [7, 11) is 0. The molecule has 1 saturated heterocycles. The minimum atomic E-state index is -0.476. The van der Waals surface area contributed by atoms with Crippen LogP contribution in [-0.4, -0.2) is 58.3 Å². The highest BCUT2D eigenvalue weighted by Crippen LogP contribution is 2.28. The molecule has 2 aromatic heterocycles. The quantitative estimate of drug-likeness (QED) is 0.526. The van der Waals surface area contributed by atoms with Crippen molar-refractivity contribution in [2.24, 2.45) is 5.73 Å². The lowest BCUT2D eigenvalue weighted by Crippen LogP contribution is -2.44. The van der Waals surface area contributed by atoms with Crippen LogP contribution >= 0.6 is 0 Å². The summed E-state index contributed by atoms with van der Waals surface area (Å²) in [6.07, 6.45) is 3.54. The minimum Gasteiger partial charge on any atom is -0.457 e. The number of piperidine rings is 1. The van der Waals surface area contributed by atoms with Gasteiger partial charge in [0.1, 0.15) is 23.4 Å². The van der Waals surface area contributed by atoms with Gasteiger partial charge in [0.15, 0.2) is 0 Å². The molecule has 34 heavy (non-hydrogen) atoms. The molecule has 0 aliphatic carbocycles. The summed E-state index contributed by atoms with van der Waals surface area (Å²) in [6, 6.07) is 9.62. The van der Waals surface area contributed by atoms with Crippen LogP contribution in [0.3, 0.4) is 0 Å². The van der Waals surface area contributed by atoms with Crippen molar-refractivity contribution in [2.75, 3.05) is 25.0 Å². The fraction of sp³-hybridized carbons (Fsp3) is 0.304. The molecule has 0 atom stereocenters. The molecule has 1 aliphatic rings. The van der Waals surface area contributed by atoms with Gasteiger partial charge in [-0.25, -0.2) is 19.4 Å². The van der Waals surface area contributed by atoms with Gasteiger partial charge in [0.25, 0.3) is 0 Å². The van der Waals surface area contributed by atoms with E-state index in [1.54, 1.807) is 41.4 Å². The summed E-state index contributed by atoms with van der Waals surface area (Å²) in [5, 5.41) is 6.07. The third-order valence-corrected chi connectivity index (χ3v) is 5.43. The van der Waals surface area contributed by atoms with Crippen molar-refractivity contribution in [1.82, 2.24) is 19.8 Å². The van der Waals surface area contributed by atoms with E-state index in [4.69, 9.17) is 15.2 Å². The first-order valence-corrected chi connectivity index (χ1v) is 11.0. The number of nitrogens with two attached hydrogens (primary N) is 1. The Morgan fingerprint density at radius 1 is 1.12 bits per heavy atom. The first-order valence-electron chi connectivity index (χ1n) is 11.0. The maximum Gasteiger partial charge on any atom is 0.418 e. The molecule has 0 unspecified atom stereocenters. The number of primary amides is 1. The summed E-state index contributed by atoms with van der Waals surface area (Å²) in [6.45, 7) is 3.26. The molecule has 4 rings (SSSR count). The lowest BCUT2D eigenvalue weighted by Gasteiger charge is -2.30. The SMILES string of the molecule is CCNC(=O)Nc1cc(Oc2ccc3c(ccn3C(=O)OC3CCN(C(N)=O)CC3)c2)ccn1. The van der Waals surface area contributed by atoms with Crippen LogP contribution in [0.1, 0.15) is 19.8 Å². The van der Waals surface area contributed by atoms with Crippen molar-refractivity contribution < 1.29 is 23.9 Å². The molecular weight excluding hydrogens is 440 g/mol. The number of rotatable bonds is 5. The van der Waals surface area contributed by atoms with Gasteiger partial charge in [-0.05, 0) is 37.3 Å². The first-order chi connectivity index (χ1) is 16.4. The number of aromatic nitrogens is 2. The number of urea groups is 2. The predicted molar refractivity (Wildman–Crippen MR) is 125 cm³/mol. The Bertz CT molecular complexity index is 1200. The molecule has 4 N–H and O–H groups in total. The monoisotopic (exact) mass is 466 g/mol. The first kappa shape index (κ1) is 22.9. The summed E-state index contributed by atoms with van der Waals surface area (Å²) < 4.78 is 13.0. The van der Waals surface area contributed by atoms with Gasteiger partial charge in [-0.3, -0.25) is 9.88 Å². The van der Waals surface area contributed by atoms with Gasteiger partial charge >= 0.3 is 18.2 Å². The van der Waals surface area contributed by atoms with Crippen LogP contribution in [0.15, 0.2) is 48.8 Å². The van der Waals surface area contributed by atoms with E-state index in [1.165, 1.54) is 10.8 Å². The molecule has 0 spiro atoms. The van der Waals surface area contributed by atoms with E-state index in [0.717, 1.165) is 5.39 Å². The maximum atomic E-state index is 12.7. The van der Waals surface area contributed by atoms with Gasteiger partial charge in [0.2, 0.25) is 0 Å². The van der Waals surface area contributed by atoms with Crippen molar-refractivity contribution in [2.45, 2.75) is 25.9 Å². The molecule has 0 bridgehead atoms. The van der Waals surface area contributed by atoms with E-state index in [9.17, 15) is 14.4 Å². The van der Waals surface area contributed by atoms with Gasteiger partial charge in [-0.15, -0.1) is 0 Å². The van der Waals surface area contributed by atoms with Crippen molar-refractivity contribution in [3.05, 3.63) is 48.8 Å². The number of pyridine rings is 1. The van der Waals surface area contributed by atoms with E-state index in [1.807, 2.05) is 13.0 Å². The Kier molecular flexibility index (Phi) is 6.81. The molecule has 178 valence electrons. The number of nitrogens with one attached hydrogen (secondary N) is 2. The zero-order chi connectivity index (χ0) is 24.1. The van der Waals surface area contributed by atoms with Gasteiger partial charge < -0.3 is 25.4 Å². The minimum absolute atomic E-state index is 0.267. The number of amides is 4. The number of anilines is 1. The smallest absolute Gasteiger partial charge is 0.418 e. The molecule has 1 fully saturated rings. The van der Waals surface area contributed by atoms with Gasteiger partial charge in [-0.1, -0.05) is 0 Å². The van der Waals surface area contributed by atoms with Crippen LogP contribution in [0.4, 0.5) is 20.2 Å². The molecule has 3 heterocycles. The molecule has 1 aliphatic heterocycles. The molecule has 3 aromatic rings. The summed E-state index contributed by atoms with van der Waals surface area (Å²) >= 11 is 0. The lowest BCUT2D eigenvalue weighted by atomic mass is 10.1. The Hall–Kier alpha value is -4.28. The summed E-state index contributed by atoms with van der Waals surface area (Å²) in [5.74, 6) is 1.43.